The Bertz CT molecular complexity index is 1060. The Balaban J connectivity index is 1.57. The number of anilines is 1. The van der Waals surface area contributed by atoms with E-state index in [2.05, 4.69) is 10.3 Å². The number of nitrogens with one attached hydrogen (secondary N) is 1. The van der Waals surface area contributed by atoms with Gasteiger partial charge in [-0.05, 0) is 35.9 Å². The van der Waals surface area contributed by atoms with Gasteiger partial charge in [0.15, 0.2) is 0 Å². The largest absolute Gasteiger partial charge is 0.348 e. The molecule has 0 saturated heterocycles. The molecule has 0 atom stereocenters. The van der Waals surface area contributed by atoms with Gasteiger partial charge in [-0.15, -0.1) is 11.8 Å². The Hall–Kier alpha value is -3.19. The minimum atomic E-state index is -0.356. The highest BCUT2D eigenvalue weighted by Crippen LogP contribution is 2.37. The van der Waals surface area contributed by atoms with Gasteiger partial charge in [0, 0.05) is 35.0 Å². The monoisotopic (exact) mass is 407 g/mol. The van der Waals surface area contributed by atoms with Crippen LogP contribution in [-0.2, 0) is 17.9 Å². The first-order chi connectivity index (χ1) is 14.1. The lowest BCUT2D eigenvalue weighted by Gasteiger charge is -2.29. The number of nitrogens with zero attached hydrogens (tertiary/aromatic N) is 2. The topological polar surface area (TPSA) is 62.3 Å². The Morgan fingerprint density at radius 2 is 2.03 bits per heavy atom. The van der Waals surface area contributed by atoms with Crippen LogP contribution < -0.4 is 10.2 Å². The number of hydrogen-bond acceptors (Lipinski definition) is 4. The molecule has 0 saturated carbocycles. The van der Waals surface area contributed by atoms with E-state index >= 15 is 0 Å². The maximum Gasteiger partial charge on any atom is 0.251 e. The van der Waals surface area contributed by atoms with Gasteiger partial charge in [0.25, 0.3) is 5.91 Å². The normalized spacial score (nSPS) is 13.1. The predicted molar refractivity (Wildman–Crippen MR) is 110 cm³/mol. The number of carbonyl (C=O) groups excluding carboxylic acids is 2. The third kappa shape index (κ3) is 4.30. The number of hydrogen-bond donors (Lipinski definition) is 1. The summed E-state index contributed by atoms with van der Waals surface area (Å²) < 4.78 is 14.1. The third-order valence-corrected chi connectivity index (χ3v) is 5.67. The number of thioether (sulfide) groups is 1. The van der Waals surface area contributed by atoms with E-state index in [0.29, 0.717) is 23.4 Å². The van der Waals surface area contributed by atoms with Gasteiger partial charge in [-0.2, -0.15) is 0 Å². The van der Waals surface area contributed by atoms with Crippen LogP contribution in [-0.4, -0.2) is 22.6 Å². The molecule has 1 aliphatic heterocycles. The van der Waals surface area contributed by atoms with Crippen molar-refractivity contribution in [3.05, 3.63) is 89.5 Å². The summed E-state index contributed by atoms with van der Waals surface area (Å²) in [6.45, 7) is 0.482. The molecule has 1 aromatic heterocycles. The van der Waals surface area contributed by atoms with Crippen LogP contribution in [0.2, 0.25) is 0 Å². The fraction of sp³-hybridized carbons (Fsp3) is 0.136. The molecule has 0 radical (unpaired) electrons. The minimum Gasteiger partial charge on any atom is -0.348 e. The molecule has 2 amide bonds. The van der Waals surface area contributed by atoms with Gasteiger partial charge in [0.1, 0.15) is 5.82 Å². The fourth-order valence-electron chi connectivity index (χ4n) is 3.10. The molecule has 146 valence electrons. The lowest BCUT2D eigenvalue weighted by Crippen LogP contribution is -2.35. The van der Waals surface area contributed by atoms with Crippen LogP contribution >= 0.6 is 11.8 Å². The van der Waals surface area contributed by atoms with E-state index in [9.17, 15) is 14.0 Å². The number of aromatic nitrogens is 1. The second kappa shape index (κ2) is 8.45. The van der Waals surface area contributed by atoms with Crippen LogP contribution in [0, 0.1) is 5.82 Å². The average Bonchev–Trinajstić information content (AvgIpc) is 2.75. The molecule has 0 fully saturated rings. The van der Waals surface area contributed by atoms with Crippen LogP contribution in [0.5, 0.6) is 0 Å². The van der Waals surface area contributed by atoms with Gasteiger partial charge >= 0.3 is 0 Å². The molecule has 5 nitrogen and oxygen atoms in total. The number of carbonyl (C=O) groups is 2. The number of pyridine rings is 1. The highest BCUT2D eigenvalue weighted by Gasteiger charge is 2.26. The summed E-state index contributed by atoms with van der Waals surface area (Å²) in [5.74, 6) is -0.428. The molecule has 1 aliphatic rings. The van der Waals surface area contributed by atoms with Gasteiger partial charge in [-0.3, -0.25) is 14.6 Å². The molecule has 0 bridgehead atoms. The first-order valence-corrected chi connectivity index (χ1v) is 10.1. The molecule has 2 heterocycles. The van der Waals surface area contributed by atoms with Crippen LogP contribution in [0.1, 0.15) is 21.5 Å². The SMILES string of the molecule is O=C(NCc1cccnc1)c1ccc2c(c1)N(Cc1ccccc1F)C(=O)CS2. The minimum absolute atomic E-state index is 0.112. The zero-order valence-electron chi connectivity index (χ0n) is 15.5. The molecule has 7 heteroatoms. The summed E-state index contributed by atoms with van der Waals surface area (Å²) in [5.41, 5.74) is 2.40. The van der Waals surface area contributed by atoms with E-state index in [-0.39, 0.29) is 29.9 Å². The zero-order valence-corrected chi connectivity index (χ0v) is 16.3. The van der Waals surface area contributed by atoms with Crippen molar-refractivity contribution in [1.29, 1.82) is 0 Å². The van der Waals surface area contributed by atoms with Crippen molar-refractivity contribution in [1.82, 2.24) is 10.3 Å². The molecule has 2 aromatic carbocycles. The summed E-state index contributed by atoms with van der Waals surface area (Å²) >= 11 is 1.42. The number of amides is 2. The second-order valence-corrected chi connectivity index (χ2v) is 7.60. The van der Waals surface area contributed by atoms with Crippen molar-refractivity contribution in [2.45, 2.75) is 18.0 Å². The van der Waals surface area contributed by atoms with Crippen molar-refractivity contribution in [2.24, 2.45) is 0 Å². The summed E-state index contributed by atoms with van der Waals surface area (Å²) in [6, 6.07) is 15.3. The third-order valence-electron chi connectivity index (χ3n) is 4.63. The van der Waals surface area contributed by atoms with Crippen LogP contribution in [0.3, 0.4) is 0 Å². The molecule has 29 heavy (non-hydrogen) atoms. The van der Waals surface area contributed by atoms with Crippen LogP contribution in [0.15, 0.2) is 71.9 Å². The fourth-order valence-corrected chi connectivity index (χ4v) is 4.02. The average molecular weight is 407 g/mol. The molecule has 3 aromatic rings. The van der Waals surface area contributed by atoms with E-state index in [1.54, 1.807) is 47.6 Å². The van der Waals surface area contributed by atoms with Gasteiger partial charge in [-0.1, -0.05) is 24.3 Å². The van der Waals surface area contributed by atoms with E-state index in [0.717, 1.165) is 10.5 Å². The maximum atomic E-state index is 14.1. The molecular weight excluding hydrogens is 389 g/mol. The lowest BCUT2D eigenvalue weighted by molar-refractivity contribution is -0.116. The summed E-state index contributed by atoms with van der Waals surface area (Å²) in [4.78, 5) is 31.6. The van der Waals surface area contributed by atoms with Gasteiger partial charge in [0.2, 0.25) is 5.91 Å². The highest BCUT2D eigenvalue weighted by atomic mass is 32.2. The van der Waals surface area contributed by atoms with E-state index in [1.807, 2.05) is 18.2 Å². The number of fused-ring (bicyclic) bond motifs is 1. The summed E-state index contributed by atoms with van der Waals surface area (Å²) in [5, 5.41) is 2.86. The number of benzene rings is 2. The van der Waals surface area contributed by atoms with Crippen LogP contribution in [0.25, 0.3) is 0 Å². The van der Waals surface area contributed by atoms with Crippen molar-refractivity contribution < 1.29 is 14.0 Å². The molecule has 0 spiro atoms. The van der Waals surface area contributed by atoms with E-state index < -0.39 is 0 Å². The van der Waals surface area contributed by atoms with E-state index in [4.69, 9.17) is 0 Å². The molecule has 4 rings (SSSR count). The van der Waals surface area contributed by atoms with Gasteiger partial charge in [-0.25, -0.2) is 4.39 Å². The Morgan fingerprint density at radius 3 is 2.83 bits per heavy atom. The number of halogens is 1. The predicted octanol–water partition coefficient (Wildman–Crippen LogP) is 3.79. The van der Waals surface area contributed by atoms with Crippen molar-refractivity contribution in [3.8, 4) is 0 Å². The molecular formula is C22H18FN3O2S. The highest BCUT2D eigenvalue weighted by molar-refractivity contribution is 8.00. The first-order valence-electron chi connectivity index (χ1n) is 9.09. The van der Waals surface area contributed by atoms with Gasteiger partial charge in [0.05, 0.1) is 18.0 Å². The molecule has 0 aliphatic carbocycles. The summed E-state index contributed by atoms with van der Waals surface area (Å²) in [6.07, 6.45) is 3.37. The maximum absolute atomic E-state index is 14.1. The lowest BCUT2D eigenvalue weighted by atomic mass is 10.1. The smallest absolute Gasteiger partial charge is 0.251 e. The zero-order chi connectivity index (χ0) is 20.2. The number of rotatable bonds is 5. The van der Waals surface area contributed by atoms with Crippen molar-refractivity contribution in [2.75, 3.05) is 10.7 Å². The Morgan fingerprint density at radius 1 is 1.17 bits per heavy atom. The van der Waals surface area contributed by atoms with E-state index in [1.165, 1.54) is 17.8 Å². The summed E-state index contributed by atoms with van der Waals surface area (Å²) in [7, 11) is 0. The van der Waals surface area contributed by atoms with Crippen LogP contribution in [0.4, 0.5) is 10.1 Å². The molecule has 1 N–H and O–H groups in total. The second-order valence-electron chi connectivity index (χ2n) is 6.59. The van der Waals surface area contributed by atoms with Gasteiger partial charge < -0.3 is 10.2 Å². The van der Waals surface area contributed by atoms with Crippen molar-refractivity contribution >= 4 is 29.3 Å². The standard InChI is InChI=1S/C22H18FN3O2S/c23-18-6-2-1-5-17(18)13-26-19-10-16(7-8-20(19)29-14-21(26)27)22(28)25-12-15-4-3-9-24-11-15/h1-11H,12-14H2,(H,25,28). The first kappa shape index (κ1) is 19.1. The quantitative estimate of drug-likeness (QED) is 0.699. The Labute approximate surface area is 172 Å². The van der Waals surface area contributed by atoms with Crippen molar-refractivity contribution in [3.63, 3.8) is 0 Å². The molecule has 0 unspecified atom stereocenters. The Kier molecular flexibility index (Phi) is 5.57.